The van der Waals surface area contributed by atoms with Crippen molar-refractivity contribution in [2.24, 2.45) is 15.9 Å². The molecule has 0 unspecified atom stereocenters. The summed E-state index contributed by atoms with van der Waals surface area (Å²) in [6.45, 7) is 2.91. The second-order valence-electron chi connectivity index (χ2n) is 7.45. The molecule has 4 rings (SSSR count). The molecule has 2 heterocycles. The molecule has 33 heavy (non-hydrogen) atoms. The van der Waals surface area contributed by atoms with E-state index < -0.39 is 11.4 Å². The van der Waals surface area contributed by atoms with Crippen LogP contribution in [0.3, 0.4) is 0 Å². The summed E-state index contributed by atoms with van der Waals surface area (Å²) in [5, 5.41) is 7.33. The minimum atomic E-state index is -0.557. The van der Waals surface area contributed by atoms with E-state index in [0.717, 1.165) is 13.1 Å². The van der Waals surface area contributed by atoms with Crippen molar-refractivity contribution in [2.45, 2.75) is 0 Å². The molecule has 4 N–H and O–H groups in total. The molecule has 0 atom stereocenters. The molecular formula is C23H23FN6O3. The van der Waals surface area contributed by atoms with Crippen LogP contribution in [0.2, 0.25) is 0 Å². The smallest absolute Gasteiger partial charge is 0.258 e. The number of carbonyl (C=O) groups excluding carboxylic acids is 1. The van der Waals surface area contributed by atoms with Crippen LogP contribution in [0.1, 0.15) is 15.9 Å². The number of hydrazone groups is 1. The zero-order valence-corrected chi connectivity index (χ0v) is 18.0. The number of aliphatic imine (C=N–C) groups is 1. The molecule has 0 radical (unpaired) electrons. The highest BCUT2D eigenvalue weighted by Gasteiger charge is 2.17. The van der Waals surface area contributed by atoms with E-state index in [4.69, 9.17) is 10.6 Å². The molecular weight excluding hydrogens is 427 g/mol. The van der Waals surface area contributed by atoms with Gasteiger partial charge in [0.05, 0.1) is 30.1 Å². The number of pyridine rings is 1. The van der Waals surface area contributed by atoms with Gasteiger partial charge < -0.3 is 25.8 Å². The molecule has 170 valence electrons. The number of piperazine rings is 1. The summed E-state index contributed by atoms with van der Waals surface area (Å²) in [6, 6.07) is 11.0. The number of benzene rings is 2. The predicted molar refractivity (Wildman–Crippen MR) is 125 cm³/mol. The SMILES string of the molecule is COc1cc2[nH]c(=O)c(C(C=Nc3ccc(C(=O)N4CCNCC4)cc3)=NN)cc2cc1F. The molecule has 0 bridgehead atoms. The fourth-order valence-corrected chi connectivity index (χ4v) is 3.60. The first-order chi connectivity index (χ1) is 16.0. The molecule has 3 aromatic rings. The van der Waals surface area contributed by atoms with Crippen LogP contribution in [-0.2, 0) is 0 Å². The van der Waals surface area contributed by atoms with Crippen LogP contribution in [0.4, 0.5) is 10.1 Å². The molecule has 0 saturated carbocycles. The number of carbonyl (C=O) groups is 1. The van der Waals surface area contributed by atoms with Gasteiger partial charge in [-0.05, 0) is 36.4 Å². The number of fused-ring (bicyclic) bond motifs is 1. The lowest BCUT2D eigenvalue weighted by atomic mass is 10.1. The monoisotopic (exact) mass is 450 g/mol. The van der Waals surface area contributed by atoms with E-state index in [1.807, 2.05) is 0 Å². The van der Waals surface area contributed by atoms with Gasteiger partial charge in [-0.3, -0.25) is 14.6 Å². The molecule has 1 aliphatic heterocycles. The minimum absolute atomic E-state index is 0.0252. The van der Waals surface area contributed by atoms with Crippen molar-refractivity contribution in [3.63, 3.8) is 0 Å². The maximum atomic E-state index is 14.1. The molecule has 9 nitrogen and oxygen atoms in total. The van der Waals surface area contributed by atoms with E-state index >= 15 is 0 Å². The molecule has 10 heteroatoms. The van der Waals surface area contributed by atoms with Crippen LogP contribution in [0.25, 0.3) is 10.9 Å². The first kappa shape index (κ1) is 22.2. The number of aromatic nitrogens is 1. The zero-order chi connectivity index (χ0) is 23.4. The Kier molecular flexibility index (Phi) is 6.45. The number of hydrogen-bond donors (Lipinski definition) is 3. The number of nitrogens with zero attached hydrogens (tertiary/aromatic N) is 3. The van der Waals surface area contributed by atoms with Crippen molar-refractivity contribution in [3.05, 3.63) is 69.8 Å². The van der Waals surface area contributed by atoms with Gasteiger partial charge in [-0.25, -0.2) is 4.39 Å². The van der Waals surface area contributed by atoms with Crippen LogP contribution in [0.5, 0.6) is 5.75 Å². The third kappa shape index (κ3) is 4.75. The third-order valence-electron chi connectivity index (χ3n) is 5.39. The second-order valence-corrected chi connectivity index (χ2v) is 7.45. The number of aromatic amines is 1. The Bertz CT molecular complexity index is 1290. The molecule has 1 aliphatic rings. The van der Waals surface area contributed by atoms with E-state index in [0.29, 0.717) is 35.2 Å². The van der Waals surface area contributed by atoms with Crippen LogP contribution >= 0.6 is 0 Å². The maximum absolute atomic E-state index is 14.1. The highest BCUT2D eigenvalue weighted by atomic mass is 19.1. The highest BCUT2D eigenvalue weighted by molar-refractivity contribution is 6.38. The van der Waals surface area contributed by atoms with Crippen LogP contribution in [0, 0.1) is 5.82 Å². The van der Waals surface area contributed by atoms with E-state index in [9.17, 15) is 14.0 Å². The van der Waals surface area contributed by atoms with Gasteiger partial charge in [-0.2, -0.15) is 5.10 Å². The largest absolute Gasteiger partial charge is 0.494 e. The predicted octanol–water partition coefficient (Wildman–Crippen LogP) is 1.79. The third-order valence-corrected chi connectivity index (χ3v) is 5.39. The van der Waals surface area contributed by atoms with Gasteiger partial charge in [0.25, 0.3) is 11.5 Å². The lowest BCUT2D eigenvalue weighted by Gasteiger charge is -2.27. The summed E-state index contributed by atoms with van der Waals surface area (Å²) in [4.78, 5) is 33.9. The summed E-state index contributed by atoms with van der Waals surface area (Å²) in [7, 11) is 1.35. The number of rotatable bonds is 5. The van der Waals surface area contributed by atoms with Crippen LogP contribution in [0.15, 0.2) is 57.4 Å². The highest BCUT2D eigenvalue weighted by Crippen LogP contribution is 2.23. The molecule has 1 saturated heterocycles. The summed E-state index contributed by atoms with van der Waals surface area (Å²) in [5.41, 5.74) is 1.36. The van der Waals surface area contributed by atoms with Gasteiger partial charge in [0, 0.05) is 43.2 Å². The van der Waals surface area contributed by atoms with Crippen molar-refractivity contribution < 1.29 is 13.9 Å². The van der Waals surface area contributed by atoms with Crippen molar-refractivity contribution >= 4 is 34.4 Å². The normalized spacial score (nSPS) is 14.7. The van der Waals surface area contributed by atoms with Gasteiger partial charge >= 0.3 is 0 Å². The number of hydrogen-bond acceptors (Lipinski definition) is 7. The lowest BCUT2D eigenvalue weighted by molar-refractivity contribution is 0.0736. The van der Waals surface area contributed by atoms with Gasteiger partial charge in [-0.15, -0.1) is 0 Å². The Hall–Kier alpha value is -4.05. The first-order valence-electron chi connectivity index (χ1n) is 10.3. The Morgan fingerprint density at radius 2 is 1.91 bits per heavy atom. The van der Waals surface area contributed by atoms with Gasteiger partial charge in [0.1, 0.15) is 5.71 Å². The number of H-pyrrole nitrogens is 1. The molecule has 1 fully saturated rings. The van der Waals surface area contributed by atoms with Gasteiger partial charge in [0.2, 0.25) is 0 Å². The summed E-state index contributed by atoms with van der Waals surface area (Å²) < 4.78 is 19.0. The number of nitrogens with two attached hydrogens (primary N) is 1. The van der Waals surface area contributed by atoms with E-state index in [1.165, 1.54) is 31.5 Å². The van der Waals surface area contributed by atoms with Crippen molar-refractivity contribution in [2.75, 3.05) is 33.3 Å². The van der Waals surface area contributed by atoms with Crippen molar-refractivity contribution in [3.8, 4) is 5.75 Å². The van der Waals surface area contributed by atoms with Gasteiger partial charge in [0.15, 0.2) is 11.6 Å². The van der Waals surface area contributed by atoms with Crippen molar-refractivity contribution in [1.29, 1.82) is 0 Å². The Labute approximate surface area is 188 Å². The average Bonchev–Trinajstić information content (AvgIpc) is 2.85. The number of methoxy groups -OCH3 is 1. The molecule has 1 amide bonds. The second kappa shape index (κ2) is 9.61. The quantitative estimate of drug-likeness (QED) is 0.310. The Morgan fingerprint density at radius 1 is 1.18 bits per heavy atom. The summed E-state index contributed by atoms with van der Waals surface area (Å²) in [5.74, 6) is 4.94. The topological polar surface area (TPSA) is 125 Å². The summed E-state index contributed by atoms with van der Waals surface area (Å²) >= 11 is 0. The lowest BCUT2D eigenvalue weighted by Crippen LogP contribution is -2.46. The number of amides is 1. The molecule has 0 aliphatic carbocycles. The number of halogens is 1. The van der Waals surface area contributed by atoms with Gasteiger partial charge in [-0.1, -0.05) is 0 Å². The van der Waals surface area contributed by atoms with Crippen LogP contribution < -0.4 is 21.5 Å². The Balaban J connectivity index is 1.56. The standard InChI is InChI=1S/C23H23FN6O3/c1-33-21-12-19-15(11-18(21)24)10-17(22(31)28-19)20(29-25)13-27-16-4-2-14(3-5-16)23(32)30-8-6-26-7-9-30/h2-5,10-13,26H,6-9,25H2,1H3,(H,28,31). The average molecular weight is 450 g/mol. The summed E-state index contributed by atoms with van der Waals surface area (Å²) in [6.07, 6.45) is 1.35. The van der Waals surface area contributed by atoms with E-state index in [-0.39, 0.29) is 22.9 Å². The minimum Gasteiger partial charge on any atom is -0.494 e. The number of ether oxygens (including phenoxy) is 1. The van der Waals surface area contributed by atoms with E-state index in [2.05, 4.69) is 20.4 Å². The molecule has 1 aromatic heterocycles. The Morgan fingerprint density at radius 3 is 2.58 bits per heavy atom. The van der Waals surface area contributed by atoms with E-state index in [1.54, 1.807) is 29.2 Å². The fourth-order valence-electron chi connectivity index (χ4n) is 3.60. The zero-order valence-electron chi connectivity index (χ0n) is 18.0. The number of nitrogens with one attached hydrogen (secondary N) is 2. The first-order valence-corrected chi connectivity index (χ1v) is 10.3. The van der Waals surface area contributed by atoms with Crippen LogP contribution in [-0.4, -0.2) is 61.0 Å². The fraction of sp³-hybridized carbons (Fsp3) is 0.217. The molecule has 0 spiro atoms. The van der Waals surface area contributed by atoms with Crippen molar-refractivity contribution in [1.82, 2.24) is 15.2 Å². The molecule has 2 aromatic carbocycles. The maximum Gasteiger partial charge on any atom is 0.258 e.